The molecule has 0 saturated heterocycles. The Kier molecular flexibility index (Phi) is 6.78. The second-order valence-corrected chi connectivity index (χ2v) is 6.20. The van der Waals surface area contributed by atoms with Gasteiger partial charge in [-0.25, -0.2) is 0 Å². The van der Waals surface area contributed by atoms with Crippen LogP contribution in [0.5, 0.6) is 5.75 Å². The first-order chi connectivity index (χ1) is 8.41. The smallest absolute Gasteiger partial charge is 0.139 e. The van der Waals surface area contributed by atoms with Crippen LogP contribution in [-0.2, 0) is 0 Å². The third kappa shape index (κ3) is 4.96. The summed E-state index contributed by atoms with van der Waals surface area (Å²) < 4.78 is 6.37. The molecular formula is C13H18BrCl2NO. The van der Waals surface area contributed by atoms with Gasteiger partial charge in [0.15, 0.2) is 0 Å². The lowest BCUT2D eigenvalue weighted by atomic mass is 10.1. The molecule has 18 heavy (non-hydrogen) atoms. The first-order valence-corrected chi connectivity index (χ1v) is 7.47. The summed E-state index contributed by atoms with van der Waals surface area (Å²) in [6, 6.07) is 3.93. The van der Waals surface area contributed by atoms with Crippen molar-refractivity contribution in [1.29, 1.82) is 0 Å². The fraction of sp³-hybridized carbons (Fsp3) is 0.538. The molecule has 0 radical (unpaired) electrons. The van der Waals surface area contributed by atoms with Gasteiger partial charge in [-0.3, -0.25) is 0 Å². The normalized spacial score (nSPS) is 12.8. The molecule has 0 spiro atoms. The highest BCUT2D eigenvalue weighted by Crippen LogP contribution is 2.33. The third-order valence-electron chi connectivity index (χ3n) is 2.80. The summed E-state index contributed by atoms with van der Waals surface area (Å²) >= 11 is 15.4. The lowest BCUT2D eigenvalue weighted by Crippen LogP contribution is -2.33. The van der Waals surface area contributed by atoms with Gasteiger partial charge in [-0.15, -0.1) is 0 Å². The number of rotatable bonds is 6. The van der Waals surface area contributed by atoms with Gasteiger partial charge < -0.3 is 10.1 Å². The van der Waals surface area contributed by atoms with Crippen LogP contribution in [0.3, 0.4) is 0 Å². The van der Waals surface area contributed by atoms with Crippen molar-refractivity contribution in [3.8, 4) is 5.75 Å². The maximum Gasteiger partial charge on any atom is 0.139 e. The van der Waals surface area contributed by atoms with Gasteiger partial charge in [-0.05, 0) is 34.8 Å². The summed E-state index contributed by atoms with van der Waals surface area (Å²) in [5.74, 6) is 1.22. The second kappa shape index (κ2) is 7.59. The monoisotopic (exact) mass is 353 g/mol. The zero-order valence-corrected chi connectivity index (χ0v) is 13.9. The minimum Gasteiger partial charge on any atom is -0.491 e. The molecule has 1 aromatic carbocycles. The van der Waals surface area contributed by atoms with Crippen molar-refractivity contribution in [2.45, 2.75) is 26.8 Å². The molecule has 0 heterocycles. The largest absolute Gasteiger partial charge is 0.491 e. The molecule has 1 N–H and O–H groups in total. The molecule has 1 aromatic rings. The molecule has 1 unspecified atom stereocenters. The second-order valence-electron chi connectivity index (χ2n) is 4.53. The fourth-order valence-corrected chi connectivity index (χ4v) is 2.15. The lowest BCUT2D eigenvalue weighted by Gasteiger charge is -2.17. The zero-order valence-electron chi connectivity index (χ0n) is 10.8. The van der Waals surface area contributed by atoms with E-state index in [1.165, 1.54) is 0 Å². The van der Waals surface area contributed by atoms with E-state index in [2.05, 4.69) is 42.0 Å². The average Bonchev–Trinajstić information content (AvgIpc) is 2.30. The molecule has 2 nitrogen and oxygen atoms in total. The van der Waals surface area contributed by atoms with Gasteiger partial charge >= 0.3 is 0 Å². The van der Waals surface area contributed by atoms with Crippen LogP contribution >= 0.6 is 39.1 Å². The third-order valence-corrected chi connectivity index (χ3v) is 4.29. The minimum absolute atomic E-state index is 0.470. The standard InChI is InChI=1S/C13H18BrCl2NO/c1-8(2)9(3)17-4-5-18-13-7-11(15)10(14)6-12(13)16/h6-9,17H,4-5H2,1-3H3. The molecule has 0 aliphatic rings. The maximum atomic E-state index is 6.06. The predicted octanol–water partition coefficient (Wildman–Crippen LogP) is 4.77. The maximum absolute atomic E-state index is 6.06. The van der Waals surface area contributed by atoms with Crippen LogP contribution in [0.4, 0.5) is 0 Å². The molecule has 0 aliphatic carbocycles. The summed E-state index contributed by atoms with van der Waals surface area (Å²) in [4.78, 5) is 0. The van der Waals surface area contributed by atoms with E-state index in [1.807, 2.05) is 0 Å². The molecule has 5 heteroatoms. The molecule has 0 fully saturated rings. The Labute approximate surface area is 127 Å². The van der Waals surface area contributed by atoms with Crippen molar-refractivity contribution in [3.63, 3.8) is 0 Å². The Morgan fingerprint density at radius 2 is 1.89 bits per heavy atom. The average molecular weight is 355 g/mol. The van der Waals surface area contributed by atoms with Crippen molar-refractivity contribution in [3.05, 3.63) is 26.7 Å². The molecule has 102 valence electrons. The number of hydrogen-bond donors (Lipinski definition) is 1. The molecule has 1 rings (SSSR count). The first-order valence-electron chi connectivity index (χ1n) is 5.92. The number of hydrogen-bond acceptors (Lipinski definition) is 2. The van der Waals surface area contributed by atoms with Crippen LogP contribution in [0.15, 0.2) is 16.6 Å². The molecule has 1 atom stereocenters. The van der Waals surface area contributed by atoms with E-state index in [0.29, 0.717) is 34.4 Å². The van der Waals surface area contributed by atoms with E-state index in [-0.39, 0.29) is 0 Å². The van der Waals surface area contributed by atoms with Crippen molar-refractivity contribution in [2.24, 2.45) is 5.92 Å². The number of halogens is 3. The van der Waals surface area contributed by atoms with E-state index >= 15 is 0 Å². The highest BCUT2D eigenvalue weighted by molar-refractivity contribution is 9.10. The van der Waals surface area contributed by atoms with E-state index in [4.69, 9.17) is 27.9 Å². The van der Waals surface area contributed by atoms with E-state index in [9.17, 15) is 0 Å². The number of benzene rings is 1. The van der Waals surface area contributed by atoms with Gasteiger partial charge in [0, 0.05) is 23.1 Å². The minimum atomic E-state index is 0.470. The Morgan fingerprint density at radius 1 is 1.22 bits per heavy atom. The lowest BCUT2D eigenvalue weighted by molar-refractivity contribution is 0.297. The fourth-order valence-electron chi connectivity index (χ4n) is 1.30. The molecular weight excluding hydrogens is 337 g/mol. The van der Waals surface area contributed by atoms with E-state index in [0.717, 1.165) is 11.0 Å². The molecule has 0 aliphatic heterocycles. The van der Waals surface area contributed by atoms with Gasteiger partial charge in [0.05, 0.1) is 10.0 Å². The van der Waals surface area contributed by atoms with Crippen LogP contribution in [-0.4, -0.2) is 19.2 Å². The van der Waals surface area contributed by atoms with E-state index < -0.39 is 0 Å². The van der Waals surface area contributed by atoms with Gasteiger partial charge in [0.2, 0.25) is 0 Å². The molecule has 0 aromatic heterocycles. The van der Waals surface area contributed by atoms with Crippen LogP contribution < -0.4 is 10.1 Å². The van der Waals surface area contributed by atoms with E-state index in [1.54, 1.807) is 12.1 Å². The van der Waals surface area contributed by atoms with Crippen LogP contribution in [0.25, 0.3) is 0 Å². The summed E-state index contributed by atoms with van der Waals surface area (Å²) in [6.07, 6.45) is 0. The molecule has 0 saturated carbocycles. The van der Waals surface area contributed by atoms with Gasteiger partial charge in [-0.2, -0.15) is 0 Å². The SMILES string of the molecule is CC(C)C(C)NCCOc1cc(Cl)c(Br)cc1Cl. The Balaban J connectivity index is 2.42. The highest BCUT2D eigenvalue weighted by Gasteiger charge is 2.08. The van der Waals surface area contributed by atoms with Gasteiger partial charge in [-0.1, -0.05) is 37.0 Å². The molecule has 0 amide bonds. The van der Waals surface area contributed by atoms with Crippen molar-refractivity contribution in [2.75, 3.05) is 13.2 Å². The Morgan fingerprint density at radius 3 is 2.50 bits per heavy atom. The zero-order chi connectivity index (χ0) is 13.7. The Bertz CT molecular complexity index is 399. The summed E-state index contributed by atoms with van der Waals surface area (Å²) in [5, 5.41) is 4.54. The Hall–Kier alpha value is 0.0400. The van der Waals surface area contributed by atoms with Crippen LogP contribution in [0.2, 0.25) is 10.0 Å². The first kappa shape index (κ1) is 16.1. The summed E-state index contributed by atoms with van der Waals surface area (Å²) in [7, 11) is 0. The predicted molar refractivity (Wildman–Crippen MR) is 82.0 cm³/mol. The topological polar surface area (TPSA) is 21.3 Å². The van der Waals surface area contributed by atoms with Gasteiger partial charge in [0.1, 0.15) is 12.4 Å². The van der Waals surface area contributed by atoms with Crippen molar-refractivity contribution >= 4 is 39.1 Å². The van der Waals surface area contributed by atoms with Crippen molar-refractivity contribution < 1.29 is 4.74 Å². The molecule has 0 bridgehead atoms. The number of nitrogens with one attached hydrogen (secondary N) is 1. The summed E-state index contributed by atoms with van der Waals surface area (Å²) in [6.45, 7) is 7.88. The van der Waals surface area contributed by atoms with Gasteiger partial charge in [0.25, 0.3) is 0 Å². The van der Waals surface area contributed by atoms with Crippen LogP contribution in [0, 0.1) is 5.92 Å². The van der Waals surface area contributed by atoms with Crippen molar-refractivity contribution in [1.82, 2.24) is 5.32 Å². The highest BCUT2D eigenvalue weighted by atomic mass is 79.9. The van der Waals surface area contributed by atoms with Crippen LogP contribution in [0.1, 0.15) is 20.8 Å². The summed E-state index contributed by atoms with van der Waals surface area (Å²) in [5.41, 5.74) is 0. The number of ether oxygens (including phenoxy) is 1. The quantitative estimate of drug-likeness (QED) is 0.586.